The first-order chi connectivity index (χ1) is 8.64. The highest BCUT2D eigenvalue weighted by Gasteiger charge is 2.42. The zero-order valence-corrected chi connectivity index (χ0v) is 10.9. The molecule has 0 amide bonds. The first kappa shape index (κ1) is 12.1. The quantitative estimate of drug-likeness (QED) is 0.794. The van der Waals surface area contributed by atoms with Crippen molar-refractivity contribution < 1.29 is 8.42 Å². The Morgan fingerprint density at radius 3 is 3.11 bits per heavy atom. The lowest BCUT2D eigenvalue weighted by molar-refractivity contribution is 0.141. The third-order valence-corrected chi connectivity index (χ3v) is 5.42. The van der Waals surface area contributed by atoms with Gasteiger partial charge in [0.2, 0.25) is 0 Å². The molecule has 1 aromatic heterocycles. The second-order valence-corrected chi connectivity index (χ2v) is 7.19. The van der Waals surface area contributed by atoms with Crippen molar-refractivity contribution in [1.29, 1.82) is 0 Å². The summed E-state index contributed by atoms with van der Waals surface area (Å²) in [5.74, 6) is 0.562. The van der Waals surface area contributed by atoms with Crippen LogP contribution in [0.4, 0.5) is 0 Å². The highest BCUT2D eigenvalue weighted by molar-refractivity contribution is 7.91. The molecular formula is C12H17N3O2S. The zero-order valence-electron chi connectivity index (χ0n) is 10.1. The van der Waals surface area contributed by atoms with Crippen LogP contribution in [0, 0.1) is 0 Å². The fourth-order valence-corrected chi connectivity index (χ4v) is 4.85. The van der Waals surface area contributed by atoms with Crippen molar-refractivity contribution in [3.63, 3.8) is 0 Å². The van der Waals surface area contributed by atoms with E-state index in [-0.39, 0.29) is 23.6 Å². The highest BCUT2D eigenvalue weighted by atomic mass is 32.2. The highest BCUT2D eigenvalue weighted by Crippen LogP contribution is 2.22. The molecular weight excluding hydrogens is 250 g/mol. The average Bonchev–Trinajstić information content (AvgIpc) is 2.66. The van der Waals surface area contributed by atoms with Crippen LogP contribution < -0.4 is 5.32 Å². The van der Waals surface area contributed by atoms with Gasteiger partial charge in [-0.1, -0.05) is 6.07 Å². The van der Waals surface area contributed by atoms with Crippen LogP contribution in [0.2, 0.25) is 0 Å². The molecule has 98 valence electrons. The maximum atomic E-state index is 11.7. The van der Waals surface area contributed by atoms with Crippen molar-refractivity contribution in [2.75, 3.05) is 24.6 Å². The van der Waals surface area contributed by atoms with Crippen LogP contribution in [0.3, 0.4) is 0 Å². The molecule has 6 heteroatoms. The first-order valence-electron chi connectivity index (χ1n) is 6.21. The summed E-state index contributed by atoms with van der Waals surface area (Å²) in [6, 6.07) is 4.16. The minimum atomic E-state index is -2.87. The largest absolute Gasteiger partial charge is 0.310 e. The molecule has 18 heavy (non-hydrogen) atoms. The summed E-state index contributed by atoms with van der Waals surface area (Å²) in [6.45, 7) is 2.54. The summed E-state index contributed by atoms with van der Waals surface area (Å²) in [5.41, 5.74) is 1.14. The Hall–Kier alpha value is -0.980. The molecule has 2 aliphatic heterocycles. The van der Waals surface area contributed by atoms with Crippen molar-refractivity contribution >= 4 is 9.84 Å². The molecule has 5 nitrogen and oxygen atoms in total. The average molecular weight is 267 g/mol. The molecule has 0 aromatic carbocycles. The van der Waals surface area contributed by atoms with Gasteiger partial charge in [-0.15, -0.1) is 0 Å². The monoisotopic (exact) mass is 267 g/mol. The molecule has 1 aromatic rings. The molecule has 2 aliphatic rings. The van der Waals surface area contributed by atoms with Gasteiger partial charge in [0.05, 0.1) is 11.5 Å². The Bertz CT molecular complexity index is 517. The van der Waals surface area contributed by atoms with Crippen molar-refractivity contribution in [1.82, 2.24) is 15.2 Å². The number of aromatic nitrogens is 1. The molecule has 0 aliphatic carbocycles. The Morgan fingerprint density at radius 2 is 2.33 bits per heavy atom. The van der Waals surface area contributed by atoms with Crippen molar-refractivity contribution in [2.45, 2.75) is 18.6 Å². The van der Waals surface area contributed by atoms with Gasteiger partial charge in [-0.2, -0.15) is 0 Å². The number of hydrogen-bond donors (Lipinski definition) is 1. The maximum absolute atomic E-state index is 11.7. The van der Waals surface area contributed by atoms with E-state index >= 15 is 0 Å². The SMILES string of the molecule is O=S1(=O)C[C@H]2NCCN(Cc3cccnc3)[C@H]2C1. The predicted molar refractivity (Wildman–Crippen MR) is 68.9 cm³/mol. The molecule has 0 bridgehead atoms. The van der Waals surface area contributed by atoms with Gasteiger partial charge in [-0.25, -0.2) is 8.42 Å². The number of pyridine rings is 1. The number of nitrogens with one attached hydrogen (secondary N) is 1. The van der Waals surface area contributed by atoms with Crippen molar-refractivity contribution in [2.24, 2.45) is 0 Å². The van der Waals surface area contributed by atoms with Crippen molar-refractivity contribution in [3.8, 4) is 0 Å². The Balaban J connectivity index is 1.76. The number of nitrogens with zero attached hydrogens (tertiary/aromatic N) is 2. The van der Waals surface area contributed by atoms with Crippen LogP contribution in [0.25, 0.3) is 0 Å². The van der Waals surface area contributed by atoms with Gasteiger partial charge in [0, 0.05) is 44.1 Å². The van der Waals surface area contributed by atoms with Crippen LogP contribution in [-0.2, 0) is 16.4 Å². The third-order valence-electron chi connectivity index (χ3n) is 3.71. The van der Waals surface area contributed by atoms with Crippen molar-refractivity contribution in [3.05, 3.63) is 30.1 Å². The standard InChI is InChI=1S/C12H17N3O2S/c16-18(17)8-11-12(9-18)15(5-4-14-11)7-10-2-1-3-13-6-10/h1-3,6,11-12,14H,4-5,7-9H2/t11-,12+/m1/s1. The number of piperazine rings is 1. The van der Waals surface area contributed by atoms with E-state index in [4.69, 9.17) is 0 Å². The Morgan fingerprint density at radius 1 is 1.44 bits per heavy atom. The molecule has 0 unspecified atom stereocenters. The summed E-state index contributed by atoms with van der Waals surface area (Å²) in [4.78, 5) is 6.37. The maximum Gasteiger partial charge on any atom is 0.153 e. The fourth-order valence-electron chi connectivity index (χ4n) is 2.87. The van der Waals surface area contributed by atoms with E-state index < -0.39 is 9.84 Å². The second kappa shape index (κ2) is 4.60. The van der Waals surface area contributed by atoms with E-state index in [9.17, 15) is 8.42 Å². The molecule has 3 heterocycles. The molecule has 0 spiro atoms. The summed E-state index contributed by atoms with van der Waals surface area (Å²) < 4.78 is 23.4. The van der Waals surface area contributed by atoms with Crippen LogP contribution in [-0.4, -0.2) is 55.0 Å². The lowest BCUT2D eigenvalue weighted by Gasteiger charge is -2.37. The molecule has 0 radical (unpaired) electrons. The van der Waals surface area contributed by atoms with Gasteiger partial charge in [-0.3, -0.25) is 9.88 Å². The fraction of sp³-hybridized carbons (Fsp3) is 0.583. The Kier molecular flexibility index (Phi) is 3.09. The van der Waals surface area contributed by atoms with Crippen LogP contribution in [0.5, 0.6) is 0 Å². The van der Waals surface area contributed by atoms with E-state index in [0.717, 1.165) is 25.2 Å². The Labute approximate surface area is 107 Å². The van der Waals surface area contributed by atoms with E-state index in [1.807, 2.05) is 18.3 Å². The summed E-state index contributed by atoms with van der Waals surface area (Å²) in [7, 11) is -2.87. The minimum absolute atomic E-state index is 0.0976. The predicted octanol–water partition coefficient (Wildman–Crippen LogP) is -0.348. The zero-order chi connectivity index (χ0) is 12.6. The normalized spacial score (nSPS) is 31.1. The molecule has 0 saturated carbocycles. The minimum Gasteiger partial charge on any atom is -0.310 e. The molecule has 3 rings (SSSR count). The number of hydrogen-bond acceptors (Lipinski definition) is 5. The molecule has 2 atom stereocenters. The van der Waals surface area contributed by atoms with E-state index in [1.54, 1.807) is 6.20 Å². The lowest BCUT2D eigenvalue weighted by atomic mass is 10.1. The number of rotatable bonds is 2. The number of fused-ring (bicyclic) bond motifs is 1. The third kappa shape index (κ3) is 2.41. The van der Waals surface area contributed by atoms with Gasteiger partial charge < -0.3 is 5.32 Å². The molecule has 2 fully saturated rings. The molecule has 1 N–H and O–H groups in total. The van der Waals surface area contributed by atoms with Gasteiger partial charge in [0.15, 0.2) is 9.84 Å². The summed E-state index contributed by atoms with van der Waals surface area (Å²) >= 11 is 0. The van der Waals surface area contributed by atoms with Gasteiger partial charge in [0.1, 0.15) is 0 Å². The van der Waals surface area contributed by atoms with E-state index in [0.29, 0.717) is 0 Å². The van der Waals surface area contributed by atoms with Gasteiger partial charge in [0.25, 0.3) is 0 Å². The number of sulfone groups is 1. The lowest BCUT2D eigenvalue weighted by Crippen LogP contribution is -2.56. The van der Waals surface area contributed by atoms with Gasteiger partial charge >= 0.3 is 0 Å². The van der Waals surface area contributed by atoms with Crippen LogP contribution in [0.15, 0.2) is 24.5 Å². The second-order valence-electron chi connectivity index (χ2n) is 5.04. The van der Waals surface area contributed by atoms with Crippen LogP contribution in [0.1, 0.15) is 5.56 Å². The van der Waals surface area contributed by atoms with Crippen LogP contribution >= 0.6 is 0 Å². The summed E-state index contributed by atoms with van der Waals surface area (Å²) in [5, 5.41) is 3.32. The first-order valence-corrected chi connectivity index (χ1v) is 8.03. The molecule has 2 saturated heterocycles. The smallest absolute Gasteiger partial charge is 0.153 e. The van der Waals surface area contributed by atoms with Gasteiger partial charge in [-0.05, 0) is 11.6 Å². The van der Waals surface area contributed by atoms with E-state index in [2.05, 4.69) is 15.2 Å². The topological polar surface area (TPSA) is 62.3 Å². The summed E-state index contributed by atoms with van der Waals surface area (Å²) in [6.07, 6.45) is 3.60. The van der Waals surface area contributed by atoms with E-state index in [1.165, 1.54) is 0 Å².